The van der Waals surface area contributed by atoms with E-state index in [1.54, 1.807) is 19.1 Å². The highest BCUT2D eigenvalue weighted by Gasteiger charge is 2.32. The fraction of sp³-hybridized carbons (Fsp3) is 0.571. The van der Waals surface area contributed by atoms with Gasteiger partial charge in [-0.3, -0.25) is 0 Å². The lowest BCUT2D eigenvalue weighted by Gasteiger charge is -2.39. The number of anilines is 1. The Morgan fingerprint density at radius 3 is 2.70 bits per heavy atom. The van der Waals surface area contributed by atoms with Crippen LogP contribution in [-0.4, -0.2) is 26.0 Å². The first-order valence-electron chi connectivity index (χ1n) is 6.68. The van der Waals surface area contributed by atoms with E-state index >= 15 is 0 Å². The van der Waals surface area contributed by atoms with Gasteiger partial charge in [-0.25, -0.2) is 13.6 Å². The smallest absolute Gasteiger partial charge is 0.238 e. The molecule has 1 aliphatic heterocycles. The molecular formula is C14H22N2O2S2. The number of aryl methyl sites for hydroxylation is 1. The first-order chi connectivity index (χ1) is 9.20. The number of benzene rings is 1. The van der Waals surface area contributed by atoms with Gasteiger partial charge in [-0.2, -0.15) is 11.8 Å². The van der Waals surface area contributed by atoms with Crippen molar-refractivity contribution in [1.29, 1.82) is 0 Å². The molecule has 1 unspecified atom stereocenters. The van der Waals surface area contributed by atoms with Gasteiger partial charge in [0.25, 0.3) is 0 Å². The normalized spacial score (nSPS) is 22.5. The fourth-order valence-corrected chi connectivity index (χ4v) is 4.79. The number of nitrogens with one attached hydrogen (secondary N) is 1. The molecule has 1 aromatic carbocycles. The van der Waals surface area contributed by atoms with E-state index in [0.717, 1.165) is 17.9 Å². The van der Waals surface area contributed by atoms with Crippen LogP contribution in [0.3, 0.4) is 0 Å². The highest BCUT2D eigenvalue weighted by atomic mass is 32.2. The molecule has 1 fully saturated rings. The summed E-state index contributed by atoms with van der Waals surface area (Å²) in [5.41, 5.74) is 1.70. The fourth-order valence-electron chi connectivity index (χ4n) is 2.37. The lowest BCUT2D eigenvalue weighted by atomic mass is 9.82. The second-order valence-electron chi connectivity index (χ2n) is 6.04. The first kappa shape index (κ1) is 15.7. The largest absolute Gasteiger partial charge is 0.381 e. The van der Waals surface area contributed by atoms with E-state index in [2.05, 4.69) is 19.2 Å². The van der Waals surface area contributed by atoms with Gasteiger partial charge in [0.15, 0.2) is 0 Å². The molecule has 0 radical (unpaired) electrons. The lowest BCUT2D eigenvalue weighted by molar-refractivity contribution is 0.305. The second kappa shape index (κ2) is 5.58. The summed E-state index contributed by atoms with van der Waals surface area (Å²) in [4.78, 5) is 0.198. The third-order valence-corrected chi connectivity index (χ3v) is 6.07. The van der Waals surface area contributed by atoms with Crippen molar-refractivity contribution in [3.8, 4) is 0 Å². The van der Waals surface area contributed by atoms with Gasteiger partial charge in [0.1, 0.15) is 0 Å². The van der Waals surface area contributed by atoms with Crippen molar-refractivity contribution >= 4 is 27.5 Å². The second-order valence-corrected chi connectivity index (χ2v) is 8.72. The van der Waals surface area contributed by atoms with Crippen molar-refractivity contribution in [2.24, 2.45) is 10.6 Å². The molecule has 0 saturated carbocycles. The average Bonchev–Trinajstić information content (AvgIpc) is 2.32. The summed E-state index contributed by atoms with van der Waals surface area (Å²) in [6.45, 7) is 6.25. The van der Waals surface area contributed by atoms with Crippen molar-refractivity contribution in [2.75, 3.05) is 16.8 Å². The standard InChI is InChI=1S/C14H22N2O2S2/c1-10-4-5-11(8-12(10)20(15,17)18)16-13-9-19-7-6-14(13,2)3/h4-5,8,13,16H,6-7,9H2,1-3H3,(H2,15,17,18). The zero-order chi connectivity index (χ0) is 15.0. The molecule has 20 heavy (non-hydrogen) atoms. The minimum absolute atomic E-state index is 0.198. The van der Waals surface area contributed by atoms with E-state index in [4.69, 9.17) is 5.14 Å². The number of nitrogens with two attached hydrogens (primary N) is 1. The Kier molecular flexibility index (Phi) is 4.37. The molecular weight excluding hydrogens is 292 g/mol. The predicted molar refractivity (Wildman–Crippen MR) is 85.7 cm³/mol. The monoisotopic (exact) mass is 314 g/mol. The molecule has 3 N–H and O–H groups in total. The third-order valence-electron chi connectivity index (χ3n) is 3.95. The van der Waals surface area contributed by atoms with Crippen molar-refractivity contribution in [2.45, 2.75) is 38.1 Å². The zero-order valence-corrected chi connectivity index (χ0v) is 13.8. The van der Waals surface area contributed by atoms with Gasteiger partial charge in [0, 0.05) is 17.5 Å². The highest BCUT2D eigenvalue weighted by molar-refractivity contribution is 7.99. The SMILES string of the molecule is Cc1ccc(NC2CSCCC2(C)C)cc1S(N)(=O)=O. The summed E-state index contributed by atoms with van der Waals surface area (Å²) in [5.74, 6) is 2.22. The van der Waals surface area contributed by atoms with Crippen LogP contribution in [0.5, 0.6) is 0 Å². The number of thioether (sulfide) groups is 1. The molecule has 0 amide bonds. The van der Waals surface area contributed by atoms with Gasteiger partial charge < -0.3 is 5.32 Å². The van der Waals surface area contributed by atoms with E-state index in [1.807, 2.05) is 17.8 Å². The van der Waals surface area contributed by atoms with Crippen LogP contribution in [-0.2, 0) is 10.0 Å². The Morgan fingerprint density at radius 1 is 1.40 bits per heavy atom. The van der Waals surface area contributed by atoms with Gasteiger partial charge in [-0.05, 0) is 42.2 Å². The van der Waals surface area contributed by atoms with Crippen molar-refractivity contribution in [3.05, 3.63) is 23.8 Å². The number of hydrogen-bond acceptors (Lipinski definition) is 4. The highest BCUT2D eigenvalue weighted by Crippen LogP contribution is 2.36. The molecule has 112 valence electrons. The number of sulfonamides is 1. The van der Waals surface area contributed by atoms with E-state index in [0.29, 0.717) is 11.6 Å². The molecule has 4 nitrogen and oxygen atoms in total. The molecule has 1 aromatic rings. The van der Waals surface area contributed by atoms with E-state index < -0.39 is 10.0 Å². The molecule has 0 spiro atoms. The molecule has 1 atom stereocenters. The van der Waals surface area contributed by atoms with Gasteiger partial charge >= 0.3 is 0 Å². The van der Waals surface area contributed by atoms with Crippen LogP contribution < -0.4 is 10.5 Å². The summed E-state index contributed by atoms with van der Waals surface area (Å²) in [6.07, 6.45) is 1.16. The Labute approximate surface area is 125 Å². The molecule has 1 saturated heterocycles. The zero-order valence-electron chi connectivity index (χ0n) is 12.1. The Morgan fingerprint density at radius 2 is 2.10 bits per heavy atom. The molecule has 0 aliphatic carbocycles. The van der Waals surface area contributed by atoms with Crippen LogP contribution in [0.1, 0.15) is 25.8 Å². The molecule has 0 bridgehead atoms. The minimum atomic E-state index is -3.67. The van der Waals surface area contributed by atoms with Crippen LogP contribution in [0.25, 0.3) is 0 Å². The summed E-state index contributed by atoms with van der Waals surface area (Å²) in [6, 6.07) is 5.68. The van der Waals surface area contributed by atoms with E-state index in [9.17, 15) is 8.42 Å². The predicted octanol–water partition coefficient (Wildman–Crippen LogP) is 2.59. The van der Waals surface area contributed by atoms with Crippen molar-refractivity contribution in [1.82, 2.24) is 0 Å². The van der Waals surface area contributed by atoms with Crippen molar-refractivity contribution < 1.29 is 8.42 Å². The molecule has 2 rings (SSSR count). The van der Waals surface area contributed by atoms with Crippen LogP contribution >= 0.6 is 11.8 Å². The molecule has 6 heteroatoms. The molecule has 0 aromatic heterocycles. The number of hydrogen-bond donors (Lipinski definition) is 2. The molecule has 1 aliphatic rings. The summed E-state index contributed by atoms with van der Waals surface area (Å²) in [7, 11) is -3.67. The summed E-state index contributed by atoms with van der Waals surface area (Å²) < 4.78 is 23.1. The number of rotatable bonds is 3. The maximum Gasteiger partial charge on any atom is 0.238 e. The van der Waals surface area contributed by atoms with Gasteiger partial charge in [-0.15, -0.1) is 0 Å². The Bertz CT molecular complexity index is 597. The summed E-state index contributed by atoms with van der Waals surface area (Å²) >= 11 is 1.93. The Balaban J connectivity index is 2.26. The van der Waals surface area contributed by atoms with Gasteiger partial charge in [-0.1, -0.05) is 19.9 Å². The molecule has 1 heterocycles. The average molecular weight is 314 g/mol. The van der Waals surface area contributed by atoms with E-state index in [1.165, 1.54) is 5.75 Å². The maximum atomic E-state index is 11.6. The van der Waals surface area contributed by atoms with Crippen LogP contribution in [0.4, 0.5) is 5.69 Å². The maximum absolute atomic E-state index is 11.6. The number of primary sulfonamides is 1. The Hall–Kier alpha value is -0.720. The van der Waals surface area contributed by atoms with Crippen LogP contribution in [0.2, 0.25) is 0 Å². The van der Waals surface area contributed by atoms with Crippen LogP contribution in [0.15, 0.2) is 23.1 Å². The lowest BCUT2D eigenvalue weighted by Crippen LogP contribution is -2.41. The van der Waals surface area contributed by atoms with E-state index in [-0.39, 0.29) is 10.3 Å². The van der Waals surface area contributed by atoms with Gasteiger partial charge in [0.05, 0.1) is 4.90 Å². The van der Waals surface area contributed by atoms with Gasteiger partial charge in [0.2, 0.25) is 10.0 Å². The summed E-state index contributed by atoms with van der Waals surface area (Å²) in [5, 5.41) is 8.72. The quantitative estimate of drug-likeness (QED) is 0.899. The third kappa shape index (κ3) is 3.48. The first-order valence-corrected chi connectivity index (χ1v) is 9.38. The topological polar surface area (TPSA) is 72.2 Å². The van der Waals surface area contributed by atoms with Crippen LogP contribution in [0, 0.1) is 12.3 Å². The van der Waals surface area contributed by atoms with Crippen molar-refractivity contribution in [3.63, 3.8) is 0 Å². The minimum Gasteiger partial charge on any atom is -0.381 e.